The van der Waals surface area contributed by atoms with E-state index in [9.17, 15) is 9.18 Å². The summed E-state index contributed by atoms with van der Waals surface area (Å²) in [5.41, 5.74) is 1.89. The molecule has 2 fully saturated rings. The van der Waals surface area contributed by atoms with E-state index in [-0.39, 0.29) is 29.8 Å². The lowest BCUT2D eigenvalue weighted by Crippen LogP contribution is -2.34. The van der Waals surface area contributed by atoms with Gasteiger partial charge in [0.1, 0.15) is 5.82 Å². The summed E-state index contributed by atoms with van der Waals surface area (Å²) in [4.78, 5) is 20.8. The van der Waals surface area contributed by atoms with E-state index in [1.54, 1.807) is 18.3 Å². The third-order valence-electron chi connectivity index (χ3n) is 5.31. The summed E-state index contributed by atoms with van der Waals surface area (Å²) in [6, 6.07) is 12.8. The van der Waals surface area contributed by atoms with Gasteiger partial charge in [0.15, 0.2) is 0 Å². The summed E-state index contributed by atoms with van der Waals surface area (Å²) in [5, 5.41) is 0. The molecule has 1 aromatic heterocycles. The standard InChI is InChI=1S/C19H20FN3O/c1-22-18-16(13-5-4-6-14(20)11-13)8-9-17(18)23(19(22)24)12-15-7-2-3-10-21-15/h2-7,10-11,16-18H,8-9,12H2,1H3/t16-,17-,18+/m0/s1. The van der Waals surface area contributed by atoms with Crippen molar-refractivity contribution in [3.8, 4) is 0 Å². The molecular weight excluding hydrogens is 305 g/mol. The van der Waals surface area contributed by atoms with Gasteiger partial charge in [0, 0.05) is 19.2 Å². The highest BCUT2D eigenvalue weighted by atomic mass is 19.1. The van der Waals surface area contributed by atoms with Crippen LogP contribution in [0.25, 0.3) is 0 Å². The van der Waals surface area contributed by atoms with E-state index in [0.29, 0.717) is 6.54 Å². The number of hydrogen-bond acceptors (Lipinski definition) is 2. The Morgan fingerprint density at radius 3 is 2.83 bits per heavy atom. The van der Waals surface area contributed by atoms with Crippen LogP contribution in [0.1, 0.15) is 30.0 Å². The molecule has 124 valence electrons. The van der Waals surface area contributed by atoms with Crippen LogP contribution in [0.15, 0.2) is 48.7 Å². The number of rotatable bonds is 3. The number of benzene rings is 1. The van der Waals surface area contributed by atoms with Gasteiger partial charge in [-0.1, -0.05) is 18.2 Å². The number of carbonyl (C=O) groups is 1. The van der Waals surface area contributed by atoms with E-state index in [0.717, 1.165) is 24.1 Å². The Kier molecular flexibility index (Phi) is 3.71. The zero-order valence-corrected chi connectivity index (χ0v) is 13.6. The Hall–Kier alpha value is -2.43. The van der Waals surface area contributed by atoms with Crippen molar-refractivity contribution in [2.45, 2.75) is 37.4 Å². The molecule has 2 aliphatic rings. The third-order valence-corrected chi connectivity index (χ3v) is 5.31. The van der Waals surface area contributed by atoms with Crippen LogP contribution in [0.2, 0.25) is 0 Å². The summed E-state index contributed by atoms with van der Waals surface area (Å²) in [6.45, 7) is 0.529. The first-order valence-electron chi connectivity index (χ1n) is 8.34. The van der Waals surface area contributed by atoms with Crippen molar-refractivity contribution in [1.82, 2.24) is 14.8 Å². The molecule has 24 heavy (non-hydrogen) atoms. The lowest BCUT2D eigenvalue weighted by atomic mass is 9.93. The number of carbonyl (C=O) groups excluding carboxylic acids is 1. The van der Waals surface area contributed by atoms with Crippen molar-refractivity contribution in [2.24, 2.45) is 0 Å². The maximum absolute atomic E-state index is 13.6. The van der Waals surface area contributed by atoms with E-state index in [1.165, 1.54) is 6.07 Å². The molecule has 0 N–H and O–H groups in total. The number of hydrogen-bond donors (Lipinski definition) is 0. The van der Waals surface area contributed by atoms with Crippen molar-refractivity contribution in [1.29, 1.82) is 0 Å². The number of halogens is 1. The van der Waals surface area contributed by atoms with Crippen LogP contribution in [0.4, 0.5) is 9.18 Å². The highest BCUT2D eigenvalue weighted by Crippen LogP contribution is 2.44. The van der Waals surface area contributed by atoms with Crippen LogP contribution in [0.3, 0.4) is 0 Å². The minimum absolute atomic E-state index is 0.0387. The van der Waals surface area contributed by atoms with E-state index in [2.05, 4.69) is 4.98 Å². The maximum atomic E-state index is 13.6. The first kappa shape index (κ1) is 15.1. The Labute approximate surface area is 140 Å². The fraction of sp³-hybridized carbons (Fsp3) is 0.368. The van der Waals surface area contributed by atoms with E-state index >= 15 is 0 Å². The highest BCUT2D eigenvalue weighted by Gasteiger charge is 2.51. The number of likely N-dealkylation sites (N-methyl/N-ethyl adjacent to an activating group) is 1. The van der Waals surface area contributed by atoms with Crippen molar-refractivity contribution in [3.05, 3.63) is 65.7 Å². The van der Waals surface area contributed by atoms with Gasteiger partial charge < -0.3 is 9.80 Å². The zero-order valence-electron chi connectivity index (χ0n) is 13.6. The predicted octanol–water partition coefficient (Wildman–Crippen LogP) is 3.40. The SMILES string of the molecule is CN1C(=O)N(Cc2ccccn2)[C@H]2CC[C@@H](c3cccc(F)c3)[C@H]21. The zero-order chi connectivity index (χ0) is 16.7. The molecule has 0 unspecified atom stereocenters. The molecule has 1 aliphatic heterocycles. The first-order valence-corrected chi connectivity index (χ1v) is 8.34. The van der Waals surface area contributed by atoms with Gasteiger partial charge in [-0.15, -0.1) is 0 Å². The Balaban J connectivity index is 1.60. The number of aromatic nitrogens is 1. The van der Waals surface area contributed by atoms with Crippen molar-refractivity contribution < 1.29 is 9.18 Å². The molecule has 0 bridgehead atoms. The predicted molar refractivity (Wildman–Crippen MR) is 88.9 cm³/mol. The van der Waals surface area contributed by atoms with E-state index in [4.69, 9.17) is 0 Å². The monoisotopic (exact) mass is 325 g/mol. The number of nitrogens with zero attached hydrogens (tertiary/aromatic N) is 3. The van der Waals surface area contributed by atoms with Crippen LogP contribution >= 0.6 is 0 Å². The van der Waals surface area contributed by atoms with Crippen molar-refractivity contribution >= 4 is 6.03 Å². The largest absolute Gasteiger partial charge is 0.322 e. The molecule has 1 aromatic carbocycles. The molecule has 2 aromatic rings. The second-order valence-electron chi connectivity index (χ2n) is 6.64. The molecule has 3 atom stereocenters. The van der Waals surface area contributed by atoms with Gasteiger partial charge in [-0.3, -0.25) is 4.98 Å². The summed E-state index contributed by atoms with van der Waals surface area (Å²) in [5.74, 6) is -0.0262. The maximum Gasteiger partial charge on any atom is 0.320 e. The summed E-state index contributed by atoms with van der Waals surface area (Å²) >= 11 is 0. The number of urea groups is 1. The van der Waals surface area contributed by atoms with Gasteiger partial charge in [0.2, 0.25) is 0 Å². The van der Waals surface area contributed by atoms with E-state index in [1.807, 2.05) is 41.1 Å². The van der Waals surface area contributed by atoms with Gasteiger partial charge in [-0.25, -0.2) is 9.18 Å². The van der Waals surface area contributed by atoms with E-state index < -0.39 is 0 Å². The van der Waals surface area contributed by atoms with Crippen LogP contribution in [-0.4, -0.2) is 39.9 Å². The molecule has 4 nitrogen and oxygen atoms in total. The summed E-state index contributed by atoms with van der Waals surface area (Å²) in [6.07, 6.45) is 3.66. The quantitative estimate of drug-likeness (QED) is 0.867. The molecule has 1 aliphatic carbocycles. The second-order valence-corrected chi connectivity index (χ2v) is 6.64. The van der Waals surface area contributed by atoms with Gasteiger partial charge in [-0.2, -0.15) is 0 Å². The third kappa shape index (κ3) is 2.44. The average molecular weight is 325 g/mol. The number of pyridine rings is 1. The Bertz CT molecular complexity index is 751. The molecule has 4 rings (SSSR count). The van der Waals surface area contributed by atoms with Crippen LogP contribution in [0, 0.1) is 5.82 Å². The fourth-order valence-electron chi connectivity index (χ4n) is 4.25. The van der Waals surface area contributed by atoms with Gasteiger partial charge in [-0.05, 0) is 42.7 Å². The first-order chi connectivity index (χ1) is 11.6. The fourth-order valence-corrected chi connectivity index (χ4v) is 4.25. The van der Waals surface area contributed by atoms with Crippen molar-refractivity contribution in [2.75, 3.05) is 7.05 Å². The molecule has 2 heterocycles. The van der Waals surface area contributed by atoms with Gasteiger partial charge >= 0.3 is 6.03 Å². The van der Waals surface area contributed by atoms with Crippen LogP contribution in [0.5, 0.6) is 0 Å². The molecular formula is C19H20FN3O. The molecule has 1 saturated heterocycles. The van der Waals surface area contributed by atoms with Gasteiger partial charge in [0.25, 0.3) is 0 Å². The van der Waals surface area contributed by atoms with Gasteiger partial charge in [0.05, 0.1) is 24.3 Å². The summed E-state index contributed by atoms with van der Waals surface area (Å²) in [7, 11) is 1.86. The smallest absolute Gasteiger partial charge is 0.320 e. The number of fused-ring (bicyclic) bond motifs is 1. The molecule has 1 saturated carbocycles. The second kappa shape index (κ2) is 5.89. The Morgan fingerprint density at radius 1 is 1.21 bits per heavy atom. The average Bonchev–Trinajstić information content (AvgIpc) is 3.12. The molecule has 0 spiro atoms. The number of amides is 2. The minimum atomic E-state index is -0.215. The topological polar surface area (TPSA) is 36.4 Å². The summed E-state index contributed by atoms with van der Waals surface area (Å²) < 4.78 is 13.6. The van der Waals surface area contributed by atoms with Crippen LogP contribution < -0.4 is 0 Å². The highest BCUT2D eigenvalue weighted by molar-refractivity contribution is 5.78. The van der Waals surface area contributed by atoms with Crippen LogP contribution in [-0.2, 0) is 6.54 Å². The Morgan fingerprint density at radius 2 is 2.08 bits per heavy atom. The molecule has 2 amide bonds. The lowest BCUT2D eigenvalue weighted by molar-refractivity contribution is 0.184. The normalized spacial score (nSPS) is 26.1. The molecule has 0 radical (unpaired) electrons. The minimum Gasteiger partial charge on any atom is -0.322 e. The lowest BCUT2D eigenvalue weighted by Gasteiger charge is -2.24. The van der Waals surface area contributed by atoms with Crippen molar-refractivity contribution in [3.63, 3.8) is 0 Å². The molecule has 5 heteroatoms.